The zero-order chi connectivity index (χ0) is 24.2. The first-order valence-electron chi connectivity index (χ1n) is 9.16. The molecule has 2 aromatic rings. The van der Waals surface area contributed by atoms with Crippen LogP contribution < -0.4 is 10.0 Å². The number of rotatable bonds is 7. The fraction of sp³-hybridized carbons (Fsp3) is 0.368. The summed E-state index contributed by atoms with van der Waals surface area (Å²) < 4.78 is 84.7. The Kier molecular flexibility index (Phi) is 5.95. The van der Waals surface area contributed by atoms with E-state index in [1.54, 1.807) is 0 Å². The monoisotopic (exact) mass is 492 g/mol. The van der Waals surface area contributed by atoms with Gasteiger partial charge in [0.15, 0.2) is 0 Å². The van der Waals surface area contributed by atoms with Crippen molar-refractivity contribution in [3.05, 3.63) is 46.0 Å². The highest BCUT2D eigenvalue weighted by molar-refractivity contribution is 7.93. The Balaban J connectivity index is 2.38. The largest absolute Gasteiger partial charge is 0.364 e. The van der Waals surface area contributed by atoms with E-state index in [9.17, 15) is 26.4 Å². The molecule has 1 saturated carbocycles. The van der Waals surface area contributed by atoms with E-state index >= 15 is 4.39 Å². The van der Waals surface area contributed by atoms with Gasteiger partial charge < -0.3 is 10.3 Å². The highest BCUT2D eigenvalue weighted by Crippen LogP contribution is 2.49. The SMILES string of the molecule is Cn1c(C(N)=O)c(Cl)c(S(=O)(=O)N(c2ccc(F)c(C#N)c2)[C@](C)(F)C(F)F)c1C1CC1. The standard InChI is InChI=1S/C19H17ClF4N4O3S/c1-19(24,18(22)23)28(11-5-6-12(21)10(7-11)8-25)32(30,31)16-13(20)15(17(26)29)27(2)14(16)9-3-4-9/h5-7,9,18H,3-4H2,1-2H3,(H2,26,29)/t19-/m0/s1. The van der Waals surface area contributed by atoms with Gasteiger partial charge in [0.1, 0.15) is 22.5 Å². The molecule has 1 aromatic heterocycles. The minimum Gasteiger partial charge on any atom is -0.364 e. The number of anilines is 1. The summed E-state index contributed by atoms with van der Waals surface area (Å²) >= 11 is 6.18. The summed E-state index contributed by atoms with van der Waals surface area (Å²) in [7, 11) is -3.88. The maximum Gasteiger partial charge on any atom is 0.291 e. The van der Waals surface area contributed by atoms with Gasteiger partial charge in [0, 0.05) is 18.7 Å². The molecule has 1 amide bonds. The summed E-state index contributed by atoms with van der Waals surface area (Å²) in [4.78, 5) is 11.1. The number of aromatic nitrogens is 1. The third kappa shape index (κ3) is 3.69. The van der Waals surface area contributed by atoms with Crippen LogP contribution >= 0.6 is 11.6 Å². The van der Waals surface area contributed by atoms with Gasteiger partial charge >= 0.3 is 0 Å². The average Bonchev–Trinajstić information content (AvgIpc) is 3.47. The first kappa shape index (κ1) is 23.9. The number of halogens is 5. The summed E-state index contributed by atoms with van der Waals surface area (Å²) in [5.74, 6) is -6.33. The highest BCUT2D eigenvalue weighted by Gasteiger charge is 2.51. The van der Waals surface area contributed by atoms with Crippen LogP contribution in [0.5, 0.6) is 0 Å². The number of amides is 1. The van der Waals surface area contributed by atoms with Crippen LogP contribution in [0.3, 0.4) is 0 Å². The summed E-state index contributed by atoms with van der Waals surface area (Å²) in [5, 5.41) is 8.41. The smallest absolute Gasteiger partial charge is 0.291 e. The quantitative estimate of drug-likeness (QED) is 0.468. The lowest BCUT2D eigenvalue weighted by Crippen LogP contribution is -2.52. The lowest BCUT2D eigenvalue weighted by Gasteiger charge is -2.35. The molecule has 0 radical (unpaired) electrons. The molecular formula is C19H17ClF4N4O3S. The van der Waals surface area contributed by atoms with Gasteiger partial charge in [0.2, 0.25) is 0 Å². The third-order valence-electron chi connectivity index (χ3n) is 5.13. The Morgan fingerprint density at radius 1 is 1.41 bits per heavy atom. The van der Waals surface area contributed by atoms with Crippen molar-refractivity contribution >= 4 is 33.2 Å². The molecule has 1 atom stereocenters. The molecule has 0 unspecified atom stereocenters. The van der Waals surface area contributed by atoms with Gasteiger partial charge in [0.25, 0.3) is 28.1 Å². The van der Waals surface area contributed by atoms with Crippen molar-refractivity contribution in [1.29, 1.82) is 5.26 Å². The topological polar surface area (TPSA) is 109 Å². The molecular weight excluding hydrogens is 476 g/mol. The number of alkyl halides is 3. The van der Waals surface area contributed by atoms with E-state index in [1.165, 1.54) is 13.1 Å². The molecule has 1 heterocycles. The molecule has 1 aliphatic rings. The van der Waals surface area contributed by atoms with Crippen molar-refractivity contribution in [2.45, 2.75) is 42.8 Å². The maximum atomic E-state index is 15.3. The molecule has 1 aromatic carbocycles. The Labute approximate surface area is 186 Å². The van der Waals surface area contributed by atoms with Crippen molar-refractivity contribution in [2.75, 3.05) is 4.31 Å². The summed E-state index contributed by atoms with van der Waals surface area (Å²) in [6, 6.07) is 3.48. The zero-order valence-corrected chi connectivity index (χ0v) is 18.3. The predicted molar refractivity (Wildman–Crippen MR) is 107 cm³/mol. The van der Waals surface area contributed by atoms with Crippen LogP contribution in [0.15, 0.2) is 23.1 Å². The number of primary amides is 1. The number of nitrogens with zero attached hydrogens (tertiary/aromatic N) is 3. The number of sulfonamides is 1. The predicted octanol–water partition coefficient (Wildman–Crippen LogP) is 3.81. The molecule has 172 valence electrons. The lowest BCUT2D eigenvalue weighted by atomic mass is 10.2. The second kappa shape index (κ2) is 7.97. The minimum atomic E-state index is -5.21. The van der Waals surface area contributed by atoms with E-state index in [0.717, 1.165) is 10.6 Å². The van der Waals surface area contributed by atoms with E-state index in [0.29, 0.717) is 31.9 Å². The van der Waals surface area contributed by atoms with Gasteiger partial charge in [-0.3, -0.25) is 4.79 Å². The fourth-order valence-electron chi connectivity index (χ4n) is 3.51. The summed E-state index contributed by atoms with van der Waals surface area (Å²) in [6.45, 7) is 0.327. The van der Waals surface area contributed by atoms with E-state index in [-0.39, 0.29) is 21.6 Å². The fourth-order valence-corrected chi connectivity index (χ4v) is 6.13. The number of nitriles is 1. The molecule has 0 spiro atoms. The van der Waals surface area contributed by atoms with Gasteiger partial charge in [-0.25, -0.2) is 30.3 Å². The Bertz CT molecular complexity index is 1250. The van der Waals surface area contributed by atoms with Crippen molar-refractivity contribution in [2.24, 2.45) is 12.8 Å². The molecule has 3 rings (SSSR count). The summed E-state index contributed by atoms with van der Waals surface area (Å²) in [5.41, 5.74) is 3.53. The third-order valence-corrected chi connectivity index (χ3v) is 7.59. The minimum absolute atomic E-state index is 0.0153. The second-order valence-electron chi connectivity index (χ2n) is 7.44. The van der Waals surface area contributed by atoms with E-state index in [1.807, 2.05) is 0 Å². The zero-order valence-electron chi connectivity index (χ0n) is 16.7. The number of hydrogen-bond donors (Lipinski definition) is 1. The second-order valence-corrected chi connectivity index (χ2v) is 9.55. The van der Waals surface area contributed by atoms with Crippen LogP contribution in [-0.4, -0.2) is 31.1 Å². The van der Waals surface area contributed by atoms with Crippen LogP contribution in [0, 0.1) is 17.1 Å². The molecule has 2 N–H and O–H groups in total. The van der Waals surface area contributed by atoms with Crippen LogP contribution in [0.1, 0.15) is 47.4 Å². The van der Waals surface area contributed by atoms with Gasteiger partial charge in [-0.15, -0.1) is 0 Å². The molecule has 13 heteroatoms. The number of carbonyl (C=O) groups excluding carboxylic acids is 1. The Hall–Kier alpha value is -2.78. The Morgan fingerprint density at radius 3 is 2.47 bits per heavy atom. The molecule has 32 heavy (non-hydrogen) atoms. The van der Waals surface area contributed by atoms with Crippen LogP contribution in [0.25, 0.3) is 0 Å². The van der Waals surface area contributed by atoms with Crippen LogP contribution in [0.2, 0.25) is 5.02 Å². The molecule has 7 nitrogen and oxygen atoms in total. The van der Waals surface area contributed by atoms with Gasteiger partial charge in [-0.2, -0.15) is 5.26 Å². The highest BCUT2D eigenvalue weighted by atomic mass is 35.5. The molecule has 0 aliphatic heterocycles. The van der Waals surface area contributed by atoms with Crippen LogP contribution in [-0.2, 0) is 17.1 Å². The van der Waals surface area contributed by atoms with Crippen molar-refractivity contribution in [3.8, 4) is 6.07 Å². The number of hydrogen-bond acceptors (Lipinski definition) is 4. The lowest BCUT2D eigenvalue weighted by molar-refractivity contribution is -0.0135. The van der Waals surface area contributed by atoms with E-state index in [4.69, 9.17) is 22.6 Å². The van der Waals surface area contributed by atoms with E-state index < -0.39 is 55.1 Å². The van der Waals surface area contributed by atoms with Crippen LogP contribution in [0.4, 0.5) is 23.2 Å². The number of benzene rings is 1. The van der Waals surface area contributed by atoms with Gasteiger partial charge in [-0.05, 0) is 38.0 Å². The van der Waals surface area contributed by atoms with Crippen molar-refractivity contribution in [3.63, 3.8) is 0 Å². The molecule has 0 saturated heterocycles. The van der Waals surface area contributed by atoms with Gasteiger partial charge in [0.05, 0.1) is 16.3 Å². The molecule has 1 aliphatic carbocycles. The first-order chi connectivity index (χ1) is 14.8. The maximum absolute atomic E-state index is 15.3. The summed E-state index contributed by atoms with van der Waals surface area (Å²) in [6.07, 6.45) is -2.80. The van der Waals surface area contributed by atoms with Crippen molar-refractivity contribution in [1.82, 2.24) is 4.57 Å². The Morgan fingerprint density at radius 2 is 2.00 bits per heavy atom. The molecule has 0 bridgehead atoms. The first-order valence-corrected chi connectivity index (χ1v) is 11.0. The van der Waals surface area contributed by atoms with Gasteiger partial charge in [-0.1, -0.05) is 11.6 Å². The molecule has 1 fully saturated rings. The number of carbonyl (C=O) groups is 1. The van der Waals surface area contributed by atoms with Crippen molar-refractivity contribution < 1.29 is 30.8 Å². The average molecular weight is 493 g/mol. The normalized spacial score (nSPS) is 16.0. The van der Waals surface area contributed by atoms with E-state index in [2.05, 4.69) is 0 Å². The number of nitrogens with two attached hydrogens (primary N) is 1.